The SMILES string of the molecule is CN(C)C(=O)CN=C(NC1CC1)NC(C)(C)C.I. The molecule has 0 bridgehead atoms. The Morgan fingerprint density at radius 1 is 1.33 bits per heavy atom. The van der Waals surface area contributed by atoms with Crippen molar-refractivity contribution in [3.05, 3.63) is 0 Å². The van der Waals surface area contributed by atoms with E-state index in [1.54, 1.807) is 19.0 Å². The molecule has 1 amide bonds. The van der Waals surface area contributed by atoms with Gasteiger partial charge in [-0.2, -0.15) is 0 Å². The maximum Gasteiger partial charge on any atom is 0.243 e. The zero-order chi connectivity index (χ0) is 13.1. The van der Waals surface area contributed by atoms with Gasteiger partial charge in [0.05, 0.1) is 0 Å². The fraction of sp³-hybridized carbons (Fsp3) is 0.833. The van der Waals surface area contributed by atoms with Gasteiger partial charge in [0.2, 0.25) is 5.91 Å². The van der Waals surface area contributed by atoms with Crippen LogP contribution in [0, 0.1) is 0 Å². The highest BCUT2D eigenvalue weighted by atomic mass is 127. The first kappa shape index (κ1) is 17.5. The molecule has 0 atom stereocenters. The number of guanidine groups is 1. The third-order valence-corrected chi connectivity index (χ3v) is 2.28. The average molecular weight is 368 g/mol. The molecular weight excluding hydrogens is 343 g/mol. The standard InChI is InChI=1S/C12H24N4O.HI/c1-12(2,3)15-11(14-9-6-7-9)13-8-10(17)16(4)5;/h9H,6-8H2,1-5H3,(H2,13,14,15);1H. The van der Waals surface area contributed by atoms with Crippen molar-refractivity contribution >= 4 is 35.8 Å². The minimum absolute atomic E-state index is 0. The molecule has 0 spiro atoms. The van der Waals surface area contributed by atoms with Gasteiger partial charge < -0.3 is 15.5 Å². The highest BCUT2D eigenvalue weighted by Crippen LogP contribution is 2.18. The van der Waals surface area contributed by atoms with Gasteiger partial charge in [-0.1, -0.05) is 0 Å². The predicted octanol–water partition coefficient (Wildman–Crippen LogP) is 1.19. The van der Waals surface area contributed by atoms with Gasteiger partial charge in [0, 0.05) is 25.7 Å². The van der Waals surface area contributed by atoms with E-state index in [9.17, 15) is 4.79 Å². The van der Waals surface area contributed by atoms with E-state index in [0.29, 0.717) is 6.04 Å². The Kier molecular flexibility index (Phi) is 6.94. The van der Waals surface area contributed by atoms with Gasteiger partial charge in [-0.15, -0.1) is 24.0 Å². The number of halogens is 1. The lowest BCUT2D eigenvalue weighted by atomic mass is 10.1. The number of rotatable bonds is 3. The third kappa shape index (κ3) is 7.73. The summed E-state index contributed by atoms with van der Waals surface area (Å²) in [6.45, 7) is 6.41. The van der Waals surface area contributed by atoms with Crippen LogP contribution in [0.5, 0.6) is 0 Å². The van der Waals surface area contributed by atoms with E-state index in [2.05, 4.69) is 36.4 Å². The maximum absolute atomic E-state index is 11.5. The summed E-state index contributed by atoms with van der Waals surface area (Å²) in [6.07, 6.45) is 2.37. The molecule has 0 saturated heterocycles. The van der Waals surface area contributed by atoms with E-state index in [1.807, 2.05) is 0 Å². The summed E-state index contributed by atoms with van der Waals surface area (Å²) in [5.41, 5.74) is -0.0537. The molecule has 1 fully saturated rings. The Balaban J connectivity index is 0.00000289. The van der Waals surface area contributed by atoms with Crippen LogP contribution in [0.2, 0.25) is 0 Å². The van der Waals surface area contributed by atoms with Crippen LogP contribution in [-0.4, -0.2) is 49.0 Å². The maximum atomic E-state index is 11.5. The minimum atomic E-state index is -0.0537. The van der Waals surface area contributed by atoms with Gasteiger partial charge in [-0.3, -0.25) is 4.79 Å². The van der Waals surface area contributed by atoms with Crippen LogP contribution in [0.3, 0.4) is 0 Å². The molecule has 18 heavy (non-hydrogen) atoms. The lowest BCUT2D eigenvalue weighted by molar-refractivity contribution is -0.127. The summed E-state index contributed by atoms with van der Waals surface area (Å²) in [7, 11) is 3.48. The van der Waals surface area contributed by atoms with E-state index in [-0.39, 0.29) is 42.0 Å². The predicted molar refractivity (Wildman–Crippen MR) is 85.5 cm³/mol. The van der Waals surface area contributed by atoms with E-state index >= 15 is 0 Å². The Labute approximate surface area is 127 Å². The largest absolute Gasteiger partial charge is 0.354 e. The third-order valence-electron chi connectivity index (χ3n) is 2.28. The van der Waals surface area contributed by atoms with Crippen molar-refractivity contribution in [2.75, 3.05) is 20.6 Å². The number of hydrogen-bond acceptors (Lipinski definition) is 2. The van der Waals surface area contributed by atoms with E-state index < -0.39 is 0 Å². The number of aliphatic imine (C=N–C) groups is 1. The number of nitrogens with one attached hydrogen (secondary N) is 2. The highest BCUT2D eigenvalue weighted by molar-refractivity contribution is 14.0. The molecule has 1 aliphatic rings. The van der Waals surface area contributed by atoms with E-state index in [1.165, 1.54) is 12.8 Å². The molecule has 0 unspecified atom stereocenters. The first-order chi connectivity index (χ1) is 7.78. The molecular formula is C12H25IN4O. The average Bonchev–Trinajstić information content (AvgIpc) is 2.94. The Morgan fingerprint density at radius 3 is 2.28 bits per heavy atom. The summed E-state index contributed by atoms with van der Waals surface area (Å²) in [5.74, 6) is 0.742. The second-order valence-corrected chi connectivity index (χ2v) is 5.75. The summed E-state index contributed by atoms with van der Waals surface area (Å²) < 4.78 is 0. The van der Waals surface area contributed by atoms with Crippen molar-refractivity contribution < 1.29 is 4.79 Å². The molecule has 1 aliphatic carbocycles. The van der Waals surface area contributed by atoms with Gasteiger partial charge in [0.1, 0.15) is 6.54 Å². The van der Waals surface area contributed by atoms with Crippen LogP contribution in [0.4, 0.5) is 0 Å². The minimum Gasteiger partial charge on any atom is -0.354 e. The van der Waals surface area contributed by atoms with E-state index in [4.69, 9.17) is 0 Å². The molecule has 0 aromatic heterocycles. The van der Waals surface area contributed by atoms with Crippen LogP contribution in [0.15, 0.2) is 4.99 Å². The normalized spacial score (nSPS) is 15.7. The smallest absolute Gasteiger partial charge is 0.243 e. The Morgan fingerprint density at radius 2 is 1.89 bits per heavy atom. The van der Waals surface area contributed by atoms with Crippen LogP contribution in [0.1, 0.15) is 33.6 Å². The fourth-order valence-electron chi connectivity index (χ4n) is 1.19. The molecule has 1 saturated carbocycles. The molecule has 6 heteroatoms. The summed E-state index contributed by atoms with van der Waals surface area (Å²) in [6, 6.07) is 0.526. The number of likely N-dealkylation sites (N-methyl/N-ethyl adjacent to an activating group) is 1. The van der Waals surface area contributed by atoms with Crippen molar-refractivity contribution in [1.29, 1.82) is 0 Å². The molecule has 106 valence electrons. The molecule has 5 nitrogen and oxygen atoms in total. The van der Waals surface area contributed by atoms with Crippen molar-refractivity contribution in [3.8, 4) is 0 Å². The molecule has 2 N–H and O–H groups in total. The molecule has 0 aromatic rings. The van der Waals surface area contributed by atoms with Gasteiger partial charge in [-0.05, 0) is 33.6 Å². The summed E-state index contributed by atoms with van der Waals surface area (Å²) >= 11 is 0. The van der Waals surface area contributed by atoms with Gasteiger partial charge in [0.15, 0.2) is 5.96 Å². The number of carbonyl (C=O) groups excluding carboxylic acids is 1. The Bertz CT molecular complexity index is 306. The number of hydrogen-bond donors (Lipinski definition) is 2. The van der Waals surface area contributed by atoms with Gasteiger partial charge in [0.25, 0.3) is 0 Å². The van der Waals surface area contributed by atoms with Crippen LogP contribution in [0.25, 0.3) is 0 Å². The first-order valence-electron chi connectivity index (χ1n) is 6.07. The van der Waals surface area contributed by atoms with Crippen molar-refractivity contribution in [2.45, 2.75) is 45.2 Å². The quantitative estimate of drug-likeness (QED) is 0.447. The van der Waals surface area contributed by atoms with Gasteiger partial charge >= 0.3 is 0 Å². The zero-order valence-electron chi connectivity index (χ0n) is 11.9. The topological polar surface area (TPSA) is 56.7 Å². The first-order valence-corrected chi connectivity index (χ1v) is 6.07. The van der Waals surface area contributed by atoms with Crippen LogP contribution >= 0.6 is 24.0 Å². The summed E-state index contributed by atoms with van der Waals surface area (Å²) in [4.78, 5) is 17.3. The number of carbonyl (C=O) groups is 1. The van der Waals surface area contributed by atoms with Crippen LogP contribution < -0.4 is 10.6 Å². The lowest BCUT2D eigenvalue weighted by Crippen LogP contribution is -2.48. The number of amides is 1. The fourth-order valence-corrected chi connectivity index (χ4v) is 1.19. The van der Waals surface area contributed by atoms with Crippen LogP contribution in [-0.2, 0) is 4.79 Å². The lowest BCUT2D eigenvalue weighted by Gasteiger charge is -2.24. The second-order valence-electron chi connectivity index (χ2n) is 5.75. The molecule has 0 heterocycles. The van der Waals surface area contributed by atoms with E-state index in [0.717, 1.165) is 5.96 Å². The molecule has 0 aromatic carbocycles. The molecule has 1 rings (SSSR count). The zero-order valence-corrected chi connectivity index (χ0v) is 14.2. The number of nitrogens with zero attached hydrogens (tertiary/aromatic N) is 2. The van der Waals surface area contributed by atoms with Crippen molar-refractivity contribution in [1.82, 2.24) is 15.5 Å². The molecule has 0 aliphatic heterocycles. The second kappa shape index (κ2) is 7.16. The van der Waals surface area contributed by atoms with Gasteiger partial charge in [-0.25, -0.2) is 4.99 Å². The Hall–Kier alpha value is -0.530. The van der Waals surface area contributed by atoms with Crippen molar-refractivity contribution in [2.24, 2.45) is 4.99 Å². The highest BCUT2D eigenvalue weighted by Gasteiger charge is 2.24. The molecule has 0 radical (unpaired) electrons. The van der Waals surface area contributed by atoms with Crippen molar-refractivity contribution in [3.63, 3.8) is 0 Å². The summed E-state index contributed by atoms with van der Waals surface area (Å²) in [5, 5.41) is 6.60. The monoisotopic (exact) mass is 368 g/mol.